The number of aromatic nitrogens is 2. The Morgan fingerprint density at radius 3 is 2.88 bits per heavy atom. The van der Waals surface area contributed by atoms with Crippen LogP contribution in [0.4, 0.5) is 0 Å². The fourth-order valence-corrected chi connectivity index (χ4v) is 4.32. The van der Waals surface area contributed by atoms with Crippen LogP contribution in [-0.2, 0) is 0 Å². The lowest BCUT2D eigenvalue weighted by molar-refractivity contribution is 0.172. The number of nitrogens with one attached hydrogen (secondary N) is 2. The zero-order chi connectivity index (χ0) is 23.3. The van der Waals surface area contributed by atoms with Gasteiger partial charge in [0.1, 0.15) is 5.65 Å². The number of benzene rings is 1. The number of likely N-dealkylation sites (tertiary alicyclic amines) is 1. The van der Waals surface area contributed by atoms with Crippen molar-refractivity contribution in [2.75, 3.05) is 26.7 Å². The van der Waals surface area contributed by atoms with E-state index in [2.05, 4.69) is 64.5 Å². The first-order valence-corrected chi connectivity index (χ1v) is 11.5. The topological polar surface area (TPSA) is 56.3 Å². The van der Waals surface area contributed by atoms with E-state index in [4.69, 9.17) is 4.99 Å². The molecule has 170 valence electrons. The number of likely N-dealkylation sites (N-methyl/N-ethyl adjacent to an activating group) is 1. The third-order valence-corrected chi connectivity index (χ3v) is 6.42. The van der Waals surface area contributed by atoms with E-state index in [0.717, 1.165) is 58.8 Å². The zero-order valence-corrected chi connectivity index (χ0v) is 19.6. The van der Waals surface area contributed by atoms with Crippen molar-refractivity contribution in [1.29, 1.82) is 0 Å². The smallest absolute Gasteiger partial charge is 0.137 e. The molecule has 4 rings (SSSR count). The lowest BCUT2D eigenvalue weighted by Crippen LogP contribution is -2.53. The van der Waals surface area contributed by atoms with Crippen molar-refractivity contribution in [3.63, 3.8) is 0 Å². The first-order chi connectivity index (χ1) is 16.0. The van der Waals surface area contributed by atoms with Gasteiger partial charge in [-0.15, -0.1) is 0 Å². The van der Waals surface area contributed by atoms with E-state index in [1.807, 2.05) is 43.6 Å². The number of aliphatic imine (C=N–C) groups is 1. The van der Waals surface area contributed by atoms with E-state index in [-0.39, 0.29) is 5.54 Å². The van der Waals surface area contributed by atoms with Gasteiger partial charge in [0, 0.05) is 47.2 Å². The average Bonchev–Trinajstić information content (AvgIpc) is 3.28. The number of aromatic amines is 1. The van der Waals surface area contributed by atoms with E-state index < -0.39 is 0 Å². The monoisotopic (exact) mass is 439 g/mol. The molecule has 3 heterocycles. The molecule has 0 saturated carbocycles. The highest BCUT2D eigenvalue weighted by atomic mass is 15.2. The number of rotatable bonds is 8. The summed E-state index contributed by atoms with van der Waals surface area (Å²) < 4.78 is 0. The SMILES string of the molecule is C=C/C=C\C(=NCC(=C)N1CCCC(C)(NC)C1)c1cnc2[nH]c(-c3ccccc3)cc2c1. The fourth-order valence-electron chi connectivity index (χ4n) is 4.32. The molecule has 0 amide bonds. The highest BCUT2D eigenvalue weighted by Gasteiger charge is 2.29. The van der Waals surface area contributed by atoms with Crippen LogP contribution in [0.3, 0.4) is 0 Å². The van der Waals surface area contributed by atoms with Crippen molar-refractivity contribution < 1.29 is 0 Å². The summed E-state index contributed by atoms with van der Waals surface area (Å²) in [6, 6.07) is 14.6. The Balaban J connectivity index is 1.57. The van der Waals surface area contributed by atoms with Crippen LogP contribution < -0.4 is 5.32 Å². The Morgan fingerprint density at radius 2 is 2.12 bits per heavy atom. The van der Waals surface area contributed by atoms with Gasteiger partial charge in [0.2, 0.25) is 0 Å². The zero-order valence-electron chi connectivity index (χ0n) is 19.6. The van der Waals surface area contributed by atoms with Gasteiger partial charge in [0.25, 0.3) is 0 Å². The number of H-pyrrole nitrogens is 1. The van der Waals surface area contributed by atoms with Crippen LogP contribution in [0.15, 0.2) is 90.7 Å². The van der Waals surface area contributed by atoms with Crippen LogP contribution in [-0.4, -0.2) is 52.8 Å². The average molecular weight is 440 g/mol. The predicted octanol–water partition coefficient (Wildman–Crippen LogP) is 5.35. The molecule has 5 heteroatoms. The first kappa shape index (κ1) is 22.7. The van der Waals surface area contributed by atoms with Gasteiger partial charge in [-0.2, -0.15) is 0 Å². The molecule has 0 radical (unpaired) electrons. The molecule has 1 atom stereocenters. The molecule has 33 heavy (non-hydrogen) atoms. The number of pyridine rings is 1. The maximum Gasteiger partial charge on any atom is 0.137 e. The molecule has 1 saturated heterocycles. The quantitative estimate of drug-likeness (QED) is 0.367. The summed E-state index contributed by atoms with van der Waals surface area (Å²) in [5, 5.41) is 4.52. The normalized spacial score (nSPS) is 19.3. The fraction of sp³-hybridized carbons (Fsp3) is 0.286. The Bertz CT molecular complexity index is 1190. The molecule has 1 fully saturated rings. The van der Waals surface area contributed by atoms with Crippen LogP contribution in [0.1, 0.15) is 25.3 Å². The minimum atomic E-state index is 0.121. The van der Waals surface area contributed by atoms with Gasteiger partial charge >= 0.3 is 0 Å². The molecule has 2 aromatic heterocycles. The first-order valence-electron chi connectivity index (χ1n) is 11.5. The lowest BCUT2D eigenvalue weighted by atomic mass is 9.91. The van der Waals surface area contributed by atoms with Gasteiger partial charge in [-0.05, 0) is 50.6 Å². The summed E-state index contributed by atoms with van der Waals surface area (Å²) in [5.74, 6) is 0. The summed E-state index contributed by atoms with van der Waals surface area (Å²) in [7, 11) is 2.04. The van der Waals surface area contributed by atoms with Gasteiger partial charge in [-0.1, -0.05) is 55.6 Å². The van der Waals surface area contributed by atoms with E-state index in [9.17, 15) is 0 Å². The molecule has 1 aliphatic rings. The summed E-state index contributed by atoms with van der Waals surface area (Å²) in [4.78, 5) is 15.4. The van der Waals surface area contributed by atoms with Crippen LogP contribution >= 0.6 is 0 Å². The molecule has 0 aliphatic carbocycles. The third kappa shape index (κ3) is 5.32. The highest BCUT2D eigenvalue weighted by Crippen LogP contribution is 2.25. The number of fused-ring (bicyclic) bond motifs is 1. The molecular formula is C28H33N5. The number of hydrogen-bond acceptors (Lipinski definition) is 4. The van der Waals surface area contributed by atoms with Crippen LogP contribution in [0, 0.1) is 0 Å². The van der Waals surface area contributed by atoms with Gasteiger partial charge in [0.05, 0.1) is 12.3 Å². The second-order valence-corrected chi connectivity index (χ2v) is 8.91. The molecular weight excluding hydrogens is 406 g/mol. The second kappa shape index (κ2) is 10.0. The molecule has 1 aromatic carbocycles. The summed E-state index contributed by atoms with van der Waals surface area (Å²) in [6.45, 7) is 13.0. The Labute approximate surface area is 196 Å². The molecule has 2 N–H and O–H groups in total. The summed E-state index contributed by atoms with van der Waals surface area (Å²) >= 11 is 0. The van der Waals surface area contributed by atoms with Crippen molar-refractivity contribution in [3.05, 3.63) is 91.3 Å². The predicted molar refractivity (Wildman–Crippen MR) is 140 cm³/mol. The van der Waals surface area contributed by atoms with Crippen LogP contribution in [0.5, 0.6) is 0 Å². The van der Waals surface area contributed by atoms with E-state index >= 15 is 0 Å². The lowest BCUT2D eigenvalue weighted by Gasteiger charge is -2.42. The third-order valence-electron chi connectivity index (χ3n) is 6.42. The number of nitrogens with zero attached hydrogens (tertiary/aromatic N) is 3. The van der Waals surface area contributed by atoms with E-state index in [1.54, 1.807) is 6.08 Å². The van der Waals surface area contributed by atoms with Gasteiger partial charge < -0.3 is 15.2 Å². The molecule has 0 spiro atoms. The summed E-state index contributed by atoms with van der Waals surface area (Å²) in [6.07, 6.45) is 9.88. The van der Waals surface area contributed by atoms with Crippen molar-refractivity contribution in [2.45, 2.75) is 25.3 Å². The van der Waals surface area contributed by atoms with Crippen LogP contribution in [0.2, 0.25) is 0 Å². The number of piperidine rings is 1. The van der Waals surface area contributed by atoms with Crippen molar-refractivity contribution in [2.24, 2.45) is 4.99 Å². The Kier molecular flexibility index (Phi) is 6.90. The minimum absolute atomic E-state index is 0.121. The molecule has 1 unspecified atom stereocenters. The molecule has 0 bridgehead atoms. The summed E-state index contributed by atoms with van der Waals surface area (Å²) in [5.41, 5.74) is 6.09. The number of allylic oxidation sites excluding steroid dienone is 3. The maximum atomic E-state index is 4.92. The van der Waals surface area contributed by atoms with Crippen LogP contribution in [0.25, 0.3) is 22.3 Å². The van der Waals surface area contributed by atoms with Gasteiger partial charge in [-0.3, -0.25) is 4.99 Å². The minimum Gasteiger partial charge on any atom is -0.372 e. The molecule has 1 aliphatic heterocycles. The molecule has 5 nitrogen and oxygen atoms in total. The van der Waals surface area contributed by atoms with Crippen molar-refractivity contribution in [1.82, 2.24) is 20.2 Å². The maximum absolute atomic E-state index is 4.92. The molecule has 3 aromatic rings. The second-order valence-electron chi connectivity index (χ2n) is 8.91. The van der Waals surface area contributed by atoms with Crippen molar-refractivity contribution in [3.8, 4) is 11.3 Å². The Morgan fingerprint density at radius 1 is 1.30 bits per heavy atom. The number of hydrogen-bond donors (Lipinski definition) is 2. The van der Waals surface area contributed by atoms with Gasteiger partial charge in [-0.25, -0.2) is 4.98 Å². The standard InChI is InChI=1S/C28H33N5/c1-5-6-13-25(30-18-21(2)33-15-10-14-28(3,20-33)29-4)24-16-23-17-26(32-27(23)31-19-24)22-11-8-7-9-12-22/h5-9,11-13,16-17,19,29H,1-2,10,14-15,18,20H2,3-4H3,(H,31,32)/b13-6-,30-25?. The Hall–Kier alpha value is -3.44. The van der Waals surface area contributed by atoms with Crippen molar-refractivity contribution >= 4 is 16.7 Å². The van der Waals surface area contributed by atoms with E-state index in [0.29, 0.717) is 6.54 Å². The van der Waals surface area contributed by atoms with Gasteiger partial charge in [0.15, 0.2) is 0 Å². The largest absolute Gasteiger partial charge is 0.372 e. The highest BCUT2D eigenvalue weighted by molar-refractivity contribution is 6.10. The van der Waals surface area contributed by atoms with E-state index in [1.165, 1.54) is 6.42 Å².